The number of carbonyl (C=O) groups is 1. The van der Waals surface area contributed by atoms with Gasteiger partial charge >= 0.3 is 0 Å². The lowest BCUT2D eigenvalue weighted by molar-refractivity contribution is -0.118. The molecule has 1 N–H and O–H groups in total. The molecule has 26 heavy (non-hydrogen) atoms. The van der Waals surface area contributed by atoms with E-state index in [4.69, 9.17) is 0 Å². The van der Waals surface area contributed by atoms with Crippen LogP contribution in [0.4, 0.5) is 0 Å². The molecule has 1 heterocycles. The topological polar surface area (TPSA) is 72.7 Å². The third-order valence-corrected chi connectivity index (χ3v) is 4.83. The van der Waals surface area contributed by atoms with E-state index in [9.17, 15) is 4.79 Å². The first-order valence-corrected chi connectivity index (χ1v) is 9.44. The maximum absolute atomic E-state index is 12.1. The quantitative estimate of drug-likeness (QED) is 0.649. The van der Waals surface area contributed by atoms with Crippen molar-refractivity contribution in [3.63, 3.8) is 0 Å². The van der Waals surface area contributed by atoms with Crippen molar-refractivity contribution in [3.05, 3.63) is 65.7 Å². The molecule has 0 atom stereocenters. The molecule has 0 saturated carbocycles. The van der Waals surface area contributed by atoms with Crippen LogP contribution in [0.1, 0.15) is 30.9 Å². The standard InChI is InChI=1S/C19H21N5OS/c1-14(2)16-10-8-15(9-11-16)12-20-18(25)13-26-19-21-22-23-24(19)17-6-4-3-5-7-17/h3-11,14H,12-13H2,1-2H3,(H,20,25). The van der Waals surface area contributed by atoms with Crippen LogP contribution >= 0.6 is 11.8 Å². The number of benzene rings is 2. The van der Waals surface area contributed by atoms with E-state index in [-0.39, 0.29) is 11.7 Å². The minimum atomic E-state index is -0.0504. The Kier molecular flexibility index (Phi) is 6.01. The summed E-state index contributed by atoms with van der Waals surface area (Å²) < 4.78 is 1.63. The van der Waals surface area contributed by atoms with Crippen LogP contribution in [-0.2, 0) is 11.3 Å². The third-order valence-electron chi connectivity index (χ3n) is 3.91. The summed E-state index contributed by atoms with van der Waals surface area (Å²) in [6.07, 6.45) is 0. The van der Waals surface area contributed by atoms with E-state index in [0.717, 1.165) is 11.3 Å². The van der Waals surface area contributed by atoms with E-state index in [1.807, 2.05) is 30.3 Å². The highest BCUT2D eigenvalue weighted by Gasteiger charge is 2.11. The van der Waals surface area contributed by atoms with Gasteiger partial charge in [0.1, 0.15) is 0 Å². The molecule has 0 aliphatic carbocycles. The normalized spacial score (nSPS) is 10.9. The fourth-order valence-corrected chi connectivity index (χ4v) is 3.12. The van der Waals surface area contributed by atoms with E-state index in [1.165, 1.54) is 17.3 Å². The number of carbonyl (C=O) groups excluding carboxylic acids is 1. The highest BCUT2D eigenvalue weighted by molar-refractivity contribution is 7.99. The molecule has 0 fully saturated rings. The van der Waals surface area contributed by atoms with Crippen LogP contribution < -0.4 is 5.32 Å². The minimum Gasteiger partial charge on any atom is -0.351 e. The lowest BCUT2D eigenvalue weighted by Crippen LogP contribution is -2.24. The van der Waals surface area contributed by atoms with Crippen LogP contribution in [0, 0.1) is 0 Å². The zero-order valence-electron chi connectivity index (χ0n) is 14.8. The van der Waals surface area contributed by atoms with Crippen molar-refractivity contribution >= 4 is 17.7 Å². The number of hydrogen-bond acceptors (Lipinski definition) is 5. The van der Waals surface area contributed by atoms with Crippen molar-refractivity contribution in [2.45, 2.75) is 31.5 Å². The number of nitrogens with one attached hydrogen (secondary N) is 1. The Balaban J connectivity index is 1.51. The van der Waals surface area contributed by atoms with Crippen molar-refractivity contribution in [2.75, 3.05) is 5.75 Å². The Morgan fingerprint density at radius 3 is 2.54 bits per heavy atom. The molecular formula is C19H21N5OS. The molecule has 3 rings (SSSR count). The van der Waals surface area contributed by atoms with Gasteiger partial charge < -0.3 is 5.32 Å². The summed E-state index contributed by atoms with van der Waals surface area (Å²) >= 11 is 1.31. The summed E-state index contributed by atoms with van der Waals surface area (Å²) in [6, 6.07) is 17.9. The molecule has 3 aromatic rings. The summed E-state index contributed by atoms with van der Waals surface area (Å²) in [5.41, 5.74) is 3.25. The largest absolute Gasteiger partial charge is 0.351 e. The van der Waals surface area contributed by atoms with Crippen LogP contribution in [0.3, 0.4) is 0 Å². The van der Waals surface area contributed by atoms with Gasteiger partial charge in [-0.1, -0.05) is 68.1 Å². The average molecular weight is 367 g/mol. The van der Waals surface area contributed by atoms with Gasteiger partial charge in [-0.15, -0.1) is 5.10 Å². The summed E-state index contributed by atoms with van der Waals surface area (Å²) in [7, 11) is 0. The smallest absolute Gasteiger partial charge is 0.230 e. The van der Waals surface area contributed by atoms with Crippen LogP contribution in [0.5, 0.6) is 0 Å². The SMILES string of the molecule is CC(C)c1ccc(CNC(=O)CSc2nnnn2-c2ccccc2)cc1. The highest BCUT2D eigenvalue weighted by atomic mass is 32.2. The molecule has 2 aromatic carbocycles. The molecule has 0 unspecified atom stereocenters. The Hall–Kier alpha value is -2.67. The second-order valence-electron chi connectivity index (χ2n) is 6.17. The molecule has 1 amide bonds. The van der Waals surface area contributed by atoms with Gasteiger partial charge in [0.25, 0.3) is 0 Å². The van der Waals surface area contributed by atoms with Crippen molar-refractivity contribution in [3.8, 4) is 5.69 Å². The van der Waals surface area contributed by atoms with Crippen molar-refractivity contribution < 1.29 is 4.79 Å². The predicted molar refractivity (Wildman–Crippen MR) is 102 cm³/mol. The molecule has 0 bridgehead atoms. The number of nitrogens with zero attached hydrogens (tertiary/aromatic N) is 4. The van der Waals surface area contributed by atoms with Gasteiger partial charge in [-0.25, -0.2) is 0 Å². The number of para-hydroxylation sites is 1. The van der Waals surface area contributed by atoms with Gasteiger partial charge in [-0.3, -0.25) is 4.79 Å². The summed E-state index contributed by atoms with van der Waals surface area (Å²) in [4.78, 5) is 12.1. The molecule has 0 spiro atoms. The van der Waals surface area contributed by atoms with Crippen molar-refractivity contribution in [2.24, 2.45) is 0 Å². The van der Waals surface area contributed by atoms with Crippen molar-refractivity contribution in [1.29, 1.82) is 0 Å². The minimum absolute atomic E-state index is 0.0504. The Labute approximate surface area is 157 Å². The monoisotopic (exact) mass is 367 g/mol. The Bertz CT molecular complexity index is 846. The van der Waals surface area contributed by atoms with E-state index in [0.29, 0.717) is 17.6 Å². The maximum atomic E-state index is 12.1. The van der Waals surface area contributed by atoms with Gasteiger partial charge in [0, 0.05) is 6.54 Å². The van der Waals surface area contributed by atoms with E-state index in [2.05, 4.69) is 59.0 Å². The average Bonchev–Trinajstić information content (AvgIpc) is 3.14. The Morgan fingerprint density at radius 1 is 1.12 bits per heavy atom. The lowest BCUT2D eigenvalue weighted by Gasteiger charge is -2.08. The number of thioether (sulfide) groups is 1. The molecule has 6 nitrogen and oxygen atoms in total. The number of tetrazole rings is 1. The molecule has 7 heteroatoms. The molecule has 0 aliphatic heterocycles. The van der Waals surface area contributed by atoms with Crippen LogP contribution in [0.15, 0.2) is 59.8 Å². The number of rotatable bonds is 7. The van der Waals surface area contributed by atoms with E-state index in [1.54, 1.807) is 4.68 Å². The van der Waals surface area contributed by atoms with Gasteiger partial charge in [0.2, 0.25) is 11.1 Å². The number of aromatic nitrogens is 4. The van der Waals surface area contributed by atoms with Gasteiger partial charge in [-0.05, 0) is 39.6 Å². The van der Waals surface area contributed by atoms with E-state index >= 15 is 0 Å². The Morgan fingerprint density at radius 2 is 1.85 bits per heavy atom. The molecule has 1 aromatic heterocycles. The zero-order chi connectivity index (χ0) is 18.4. The highest BCUT2D eigenvalue weighted by Crippen LogP contribution is 2.18. The number of hydrogen-bond donors (Lipinski definition) is 1. The second-order valence-corrected chi connectivity index (χ2v) is 7.11. The summed E-state index contributed by atoms with van der Waals surface area (Å²) in [6.45, 7) is 4.84. The first-order valence-electron chi connectivity index (χ1n) is 8.45. The third kappa shape index (κ3) is 4.70. The molecular weight excluding hydrogens is 346 g/mol. The zero-order valence-corrected chi connectivity index (χ0v) is 15.6. The van der Waals surface area contributed by atoms with Gasteiger partial charge in [0.15, 0.2) is 0 Å². The summed E-state index contributed by atoms with van der Waals surface area (Å²) in [5.74, 6) is 0.716. The van der Waals surface area contributed by atoms with Gasteiger partial charge in [-0.2, -0.15) is 4.68 Å². The first kappa shape index (κ1) is 18.1. The number of amides is 1. The lowest BCUT2D eigenvalue weighted by atomic mass is 10.0. The second kappa shape index (κ2) is 8.62. The van der Waals surface area contributed by atoms with Crippen LogP contribution in [-0.4, -0.2) is 31.9 Å². The molecule has 0 radical (unpaired) electrons. The fourth-order valence-electron chi connectivity index (χ4n) is 2.40. The molecule has 0 saturated heterocycles. The predicted octanol–water partition coefficient (Wildman–Crippen LogP) is 3.19. The van der Waals surface area contributed by atoms with E-state index < -0.39 is 0 Å². The fraction of sp³-hybridized carbons (Fsp3) is 0.263. The van der Waals surface area contributed by atoms with Crippen molar-refractivity contribution in [1.82, 2.24) is 25.5 Å². The van der Waals surface area contributed by atoms with Crippen LogP contribution in [0.25, 0.3) is 5.69 Å². The van der Waals surface area contributed by atoms with Crippen LogP contribution in [0.2, 0.25) is 0 Å². The van der Waals surface area contributed by atoms with Gasteiger partial charge in [0.05, 0.1) is 11.4 Å². The molecule has 0 aliphatic rings. The maximum Gasteiger partial charge on any atom is 0.230 e. The molecule has 134 valence electrons. The first-order chi connectivity index (χ1) is 12.6. The summed E-state index contributed by atoms with van der Waals surface area (Å²) in [5, 5.41) is 15.2.